The lowest BCUT2D eigenvalue weighted by atomic mass is 9.73. The molecule has 3 atom stereocenters. The number of imide groups is 1. The molecule has 1 aliphatic carbocycles. The van der Waals surface area contributed by atoms with Gasteiger partial charge in [-0.1, -0.05) is 25.8 Å². The van der Waals surface area contributed by atoms with E-state index < -0.39 is 11.6 Å². The van der Waals surface area contributed by atoms with Gasteiger partial charge in [-0.25, -0.2) is 4.79 Å². The molecule has 3 heterocycles. The summed E-state index contributed by atoms with van der Waals surface area (Å²) in [6, 6.07) is 3.19. The summed E-state index contributed by atoms with van der Waals surface area (Å²) in [6.07, 6.45) is 7.00. The number of carbonyl (C=O) groups excluding carboxylic acids is 3. The van der Waals surface area contributed by atoms with Gasteiger partial charge < -0.3 is 15.5 Å². The molecular weight excluding hydrogens is 358 g/mol. The Morgan fingerprint density at radius 2 is 2.21 bits per heavy atom. The fourth-order valence-electron chi connectivity index (χ4n) is 4.74. The van der Waals surface area contributed by atoms with Crippen LogP contribution in [0, 0.1) is 5.92 Å². The van der Waals surface area contributed by atoms with Crippen molar-refractivity contribution in [2.75, 3.05) is 26.2 Å². The molecule has 0 radical (unpaired) electrons. The molecule has 150 valence electrons. The average Bonchev–Trinajstić information content (AvgIpc) is 2.96. The number of piperazine rings is 1. The van der Waals surface area contributed by atoms with E-state index in [9.17, 15) is 14.4 Å². The first-order valence-electron chi connectivity index (χ1n) is 10.1. The van der Waals surface area contributed by atoms with Crippen LogP contribution >= 0.6 is 0 Å². The van der Waals surface area contributed by atoms with E-state index in [4.69, 9.17) is 0 Å². The minimum absolute atomic E-state index is 0.0835. The fourth-order valence-corrected chi connectivity index (χ4v) is 4.74. The van der Waals surface area contributed by atoms with Crippen molar-refractivity contribution < 1.29 is 14.4 Å². The highest BCUT2D eigenvalue weighted by atomic mass is 16.2. The normalized spacial score (nSPS) is 30.6. The van der Waals surface area contributed by atoms with Gasteiger partial charge in [-0.15, -0.1) is 0 Å². The Morgan fingerprint density at radius 3 is 2.96 bits per heavy atom. The van der Waals surface area contributed by atoms with E-state index in [2.05, 4.69) is 15.6 Å². The molecule has 8 nitrogen and oxygen atoms in total. The fraction of sp³-hybridized carbons (Fsp3) is 0.600. The lowest BCUT2D eigenvalue weighted by Gasteiger charge is -2.38. The highest BCUT2D eigenvalue weighted by Crippen LogP contribution is 2.38. The Labute approximate surface area is 164 Å². The third kappa shape index (κ3) is 3.15. The molecule has 1 aromatic rings. The first-order chi connectivity index (χ1) is 13.5. The van der Waals surface area contributed by atoms with Crippen molar-refractivity contribution >= 4 is 17.8 Å². The van der Waals surface area contributed by atoms with Gasteiger partial charge in [-0.2, -0.15) is 0 Å². The van der Waals surface area contributed by atoms with Crippen LogP contribution < -0.4 is 10.6 Å². The molecule has 1 spiro atoms. The Hall–Kier alpha value is -2.48. The van der Waals surface area contributed by atoms with E-state index in [0.29, 0.717) is 26.1 Å². The molecule has 1 saturated carbocycles. The summed E-state index contributed by atoms with van der Waals surface area (Å²) in [5.41, 5.74) is 0.111. The lowest BCUT2D eigenvalue weighted by molar-refractivity contribution is -0.142. The van der Waals surface area contributed by atoms with Gasteiger partial charge >= 0.3 is 6.03 Å². The van der Waals surface area contributed by atoms with E-state index in [-0.39, 0.29) is 30.3 Å². The van der Waals surface area contributed by atoms with Crippen molar-refractivity contribution in [1.82, 2.24) is 25.4 Å². The van der Waals surface area contributed by atoms with Crippen LogP contribution in [-0.4, -0.2) is 64.3 Å². The molecule has 4 amide bonds. The SMILES string of the molecule is CC1CCCCC12NC(=O)N(CC(=O)N1CCNCC1c1cccnc1)C2=O. The van der Waals surface area contributed by atoms with Crippen molar-refractivity contribution in [3.8, 4) is 0 Å². The summed E-state index contributed by atoms with van der Waals surface area (Å²) < 4.78 is 0. The zero-order valence-corrected chi connectivity index (χ0v) is 16.2. The summed E-state index contributed by atoms with van der Waals surface area (Å²) in [6.45, 7) is 3.64. The zero-order valence-electron chi connectivity index (χ0n) is 16.2. The van der Waals surface area contributed by atoms with Crippen LogP contribution in [-0.2, 0) is 9.59 Å². The van der Waals surface area contributed by atoms with Crippen LogP contribution in [0.25, 0.3) is 0 Å². The van der Waals surface area contributed by atoms with Gasteiger partial charge in [0.1, 0.15) is 12.1 Å². The van der Waals surface area contributed by atoms with Gasteiger partial charge in [0, 0.05) is 32.0 Å². The van der Waals surface area contributed by atoms with Crippen molar-refractivity contribution in [3.05, 3.63) is 30.1 Å². The van der Waals surface area contributed by atoms with Crippen molar-refractivity contribution in [2.24, 2.45) is 5.92 Å². The number of amides is 4. The summed E-state index contributed by atoms with van der Waals surface area (Å²) >= 11 is 0. The third-order valence-corrected chi connectivity index (χ3v) is 6.43. The summed E-state index contributed by atoms with van der Waals surface area (Å²) in [5.74, 6) is -0.370. The second kappa shape index (κ2) is 7.50. The number of pyridine rings is 1. The lowest BCUT2D eigenvalue weighted by Crippen LogP contribution is -2.55. The quantitative estimate of drug-likeness (QED) is 0.759. The van der Waals surface area contributed by atoms with E-state index in [1.54, 1.807) is 17.3 Å². The molecule has 0 bridgehead atoms. The molecule has 8 heteroatoms. The minimum atomic E-state index is -0.832. The van der Waals surface area contributed by atoms with Gasteiger partial charge in [0.2, 0.25) is 5.91 Å². The Kier molecular flexibility index (Phi) is 5.05. The molecular formula is C20H27N5O3. The van der Waals surface area contributed by atoms with Gasteiger partial charge in [-0.3, -0.25) is 19.5 Å². The molecule has 2 saturated heterocycles. The standard InChI is InChI=1S/C20H27N5O3/c1-14-5-2-3-7-20(14)18(27)25(19(28)23-20)13-17(26)24-10-9-22-12-16(24)15-6-4-8-21-11-15/h4,6,8,11,14,16,22H,2-3,5,7,9-10,12-13H2,1H3,(H,23,28). The average molecular weight is 385 g/mol. The Balaban J connectivity index is 1.51. The van der Waals surface area contributed by atoms with Crippen LogP contribution in [0.1, 0.15) is 44.2 Å². The highest BCUT2D eigenvalue weighted by molar-refractivity contribution is 6.09. The van der Waals surface area contributed by atoms with Crippen LogP contribution in [0.5, 0.6) is 0 Å². The Bertz CT molecular complexity index is 770. The predicted octanol–water partition coefficient (Wildman–Crippen LogP) is 1.06. The summed E-state index contributed by atoms with van der Waals surface area (Å²) in [7, 11) is 0. The van der Waals surface area contributed by atoms with Crippen LogP contribution in [0.2, 0.25) is 0 Å². The second-order valence-electron chi connectivity index (χ2n) is 8.03. The molecule has 3 fully saturated rings. The summed E-state index contributed by atoms with van der Waals surface area (Å²) in [4.78, 5) is 45.8. The minimum Gasteiger partial charge on any atom is -0.331 e. The number of hydrogen-bond acceptors (Lipinski definition) is 5. The van der Waals surface area contributed by atoms with Crippen LogP contribution in [0.4, 0.5) is 4.79 Å². The molecule has 3 unspecified atom stereocenters. The van der Waals surface area contributed by atoms with Crippen molar-refractivity contribution in [3.63, 3.8) is 0 Å². The first-order valence-corrected chi connectivity index (χ1v) is 10.1. The van der Waals surface area contributed by atoms with E-state index in [1.807, 2.05) is 19.1 Å². The second-order valence-corrected chi connectivity index (χ2v) is 8.03. The number of nitrogens with zero attached hydrogens (tertiary/aromatic N) is 3. The molecule has 2 aliphatic heterocycles. The molecule has 0 aromatic carbocycles. The van der Waals surface area contributed by atoms with E-state index in [0.717, 1.165) is 29.7 Å². The molecule has 2 N–H and O–H groups in total. The number of aromatic nitrogens is 1. The Morgan fingerprint density at radius 1 is 1.36 bits per heavy atom. The topological polar surface area (TPSA) is 94.6 Å². The first kappa shape index (κ1) is 18.9. The molecule has 1 aromatic heterocycles. The molecule has 3 aliphatic rings. The summed E-state index contributed by atoms with van der Waals surface area (Å²) in [5, 5.41) is 6.21. The number of rotatable bonds is 3. The van der Waals surface area contributed by atoms with Crippen molar-refractivity contribution in [1.29, 1.82) is 0 Å². The highest BCUT2D eigenvalue weighted by Gasteiger charge is 2.55. The number of carbonyl (C=O) groups is 3. The maximum absolute atomic E-state index is 13.1. The largest absolute Gasteiger partial charge is 0.331 e. The number of hydrogen-bond donors (Lipinski definition) is 2. The van der Waals surface area contributed by atoms with E-state index in [1.165, 1.54) is 0 Å². The van der Waals surface area contributed by atoms with Gasteiger partial charge in [0.15, 0.2) is 0 Å². The van der Waals surface area contributed by atoms with Gasteiger partial charge in [-0.05, 0) is 30.4 Å². The van der Waals surface area contributed by atoms with Crippen LogP contribution in [0.3, 0.4) is 0 Å². The number of nitrogens with one attached hydrogen (secondary N) is 2. The van der Waals surface area contributed by atoms with Gasteiger partial charge in [0.25, 0.3) is 5.91 Å². The van der Waals surface area contributed by atoms with Crippen molar-refractivity contribution in [2.45, 2.75) is 44.2 Å². The smallest absolute Gasteiger partial charge is 0.325 e. The van der Waals surface area contributed by atoms with E-state index >= 15 is 0 Å². The maximum atomic E-state index is 13.1. The monoisotopic (exact) mass is 385 g/mol. The molecule has 28 heavy (non-hydrogen) atoms. The van der Waals surface area contributed by atoms with Crippen LogP contribution in [0.15, 0.2) is 24.5 Å². The molecule has 4 rings (SSSR count). The maximum Gasteiger partial charge on any atom is 0.325 e. The predicted molar refractivity (Wildman–Crippen MR) is 102 cm³/mol. The van der Waals surface area contributed by atoms with Gasteiger partial charge in [0.05, 0.1) is 6.04 Å². The third-order valence-electron chi connectivity index (χ3n) is 6.43. The zero-order chi connectivity index (χ0) is 19.7. The number of urea groups is 1.